The first kappa shape index (κ1) is 16.2. The first-order valence-corrected chi connectivity index (χ1v) is 8.05. The highest BCUT2D eigenvalue weighted by Crippen LogP contribution is 2.32. The molecule has 0 aliphatic rings. The van der Waals surface area contributed by atoms with Crippen LogP contribution in [0.3, 0.4) is 0 Å². The third kappa shape index (κ3) is 2.75. The molecule has 0 heterocycles. The quantitative estimate of drug-likeness (QED) is 0.940. The van der Waals surface area contributed by atoms with E-state index in [1.54, 1.807) is 43.3 Å². The summed E-state index contributed by atoms with van der Waals surface area (Å²) in [7, 11) is -0.781. The highest BCUT2D eigenvalue weighted by molar-refractivity contribution is 7.89. The lowest BCUT2D eigenvalue weighted by atomic mass is 9.96. The van der Waals surface area contributed by atoms with E-state index in [9.17, 15) is 18.3 Å². The molecule has 0 amide bonds. The molecule has 116 valence electrons. The minimum Gasteiger partial charge on any atom is -0.478 e. The zero-order valence-electron chi connectivity index (χ0n) is 12.6. The Labute approximate surface area is 129 Å². The molecule has 0 unspecified atom stereocenters. The summed E-state index contributed by atoms with van der Waals surface area (Å²) >= 11 is 0. The van der Waals surface area contributed by atoms with Crippen LogP contribution in [0.4, 0.5) is 0 Å². The maximum absolute atomic E-state index is 12.5. The van der Waals surface area contributed by atoms with E-state index in [-0.39, 0.29) is 10.5 Å². The predicted octanol–water partition coefficient (Wildman–Crippen LogP) is 2.61. The van der Waals surface area contributed by atoms with Crippen LogP contribution in [0.1, 0.15) is 15.9 Å². The predicted molar refractivity (Wildman–Crippen MR) is 84.4 cm³/mol. The molecule has 0 fully saturated rings. The maximum Gasteiger partial charge on any atom is 0.336 e. The van der Waals surface area contributed by atoms with Gasteiger partial charge in [0.15, 0.2) is 0 Å². The Balaban J connectivity index is 2.82. The zero-order chi connectivity index (χ0) is 16.5. The number of hydrogen-bond acceptors (Lipinski definition) is 3. The van der Waals surface area contributed by atoms with Crippen molar-refractivity contribution in [3.63, 3.8) is 0 Å². The van der Waals surface area contributed by atoms with Crippen LogP contribution in [0.2, 0.25) is 0 Å². The standard InChI is InChI=1S/C16H17NO4S/c1-11-7-6-9-13(15(11)16(18)19)12-8-4-5-10-14(12)22(20,21)17(2)3/h4-10H,1-3H3,(H,18,19). The van der Waals surface area contributed by atoms with Crippen LogP contribution >= 0.6 is 0 Å². The lowest BCUT2D eigenvalue weighted by molar-refractivity contribution is 0.0697. The first-order valence-electron chi connectivity index (χ1n) is 6.61. The van der Waals surface area contributed by atoms with Crippen molar-refractivity contribution in [1.29, 1.82) is 0 Å². The van der Waals surface area contributed by atoms with E-state index in [1.807, 2.05) is 0 Å². The third-order valence-electron chi connectivity index (χ3n) is 3.42. The van der Waals surface area contributed by atoms with Gasteiger partial charge in [-0.3, -0.25) is 0 Å². The Hall–Kier alpha value is -2.18. The fourth-order valence-electron chi connectivity index (χ4n) is 2.29. The van der Waals surface area contributed by atoms with E-state index in [0.29, 0.717) is 16.7 Å². The number of nitrogens with zero attached hydrogens (tertiary/aromatic N) is 1. The molecule has 1 N–H and O–H groups in total. The number of aryl methyl sites for hydroxylation is 1. The molecule has 0 aromatic heterocycles. The second-order valence-corrected chi connectivity index (χ2v) is 7.21. The first-order chi connectivity index (χ1) is 10.3. The molecule has 2 rings (SSSR count). The van der Waals surface area contributed by atoms with Crippen molar-refractivity contribution in [3.05, 3.63) is 53.6 Å². The van der Waals surface area contributed by atoms with E-state index in [4.69, 9.17) is 0 Å². The minimum absolute atomic E-state index is 0.0908. The summed E-state index contributed by atoms with van der Waals surface area (Å²) < 4.78 is 26.1. The number of benzene rings is 2. The summed E-state index contributed by atoms with van der Waals surface area (Å²) in [5, 5.41) is 9.45. The van der Waals surface area contributed by atoms with Crippen LogP contribution in [0.25, 0.3) is 11.1 Å². The highest BCUT2D eigenvalue weighted by atomic mass is 32.2. The molecule has 0 saturated heterocycles. The Morgan fingerprint density at radius 1 is 1.00 bits per heavy atom. The molecular formula is C16H17NO4S. The van der Waals surface area contributed by atoms with Gasteiger partial charge in [0.05, 0.1) is 10.5 Å². The second kappa shape index (κ2) is 5.90. The molecule has 5 nitrogen and oxygen atoms in total. The largest absolute Gasteiger partial charge is 0.478 e. The third-order valence-corrected chi connectivity index (χ3v) is 5.30. The van der Waals surface area contributed by atoms with Gasteiger partial charge in [0.1, 0.15) is 0 Å². The molecule has 22 heavy (non-hydrogen) atoms. The van der Waals surface area contributed by atoms with Crippen LogP contribution in [0.15, 0.2) is 47.4 Å². The molecule has 2 aromatic rings. The van der Waals surface area contributed by atoms with E-state index < -0.39 is 16.0 Å². The van der Waals surface area contributed by atoms with Crippen LogP contribution < -0.4 is 0 Å². The normalized spacial score (nSPS) is 11.6. The summed E-state index contributed by atoms with van der Waals surface area (Å²) in [6.07, 6.45) is 0. The second-order valence-electron chi connectivity index (χ2n) is 5.09. The lowest BCUT2D eigenvalue weighted by Gasteiger charge is -2.17. The van der Waals surface area contributed by atoms with Gasteiger partial charge in [-0.05, 0) is 24.1 Å². The van der Waals surface area contributed by atoms with Crippen LogP contribution in [-0.4, -0.2) is 37.9 Å². The number of hydrogen-bond donors (Lipinski definition) is 1. The number of sulfonamides is 1. The van der Waals surface area contributed by atoms with Crippen LogP contribution in [0.5, 0.6) is 0 Å². The Bertz CT molecular complexity index is 826. The number of carbonyl (C=O) groups is 1. The Kier molecular flexibility index (Phi) is 4.35. The Morgan fingerprint density at radius 2 is 1.59 bits per heavy atom. The van der Waals surface area contributed by atoms with Crippen molar-refractivity contribution in [2.45, 2.75) is 11.8 Å². The Morgan fingerprint density at radius 3 is 2.18 bits per heavy atom. The number of carboxylic acids is 1. The average Bonchev–Trinajstić information content (AvgIpc) is 2.46. The fourth-order valence-corrected chi connectivity index (χ4v) is 3.39. The summed E-state index contributed by atoms with van der Waals surface area (Å²) in [6, 6.07) is 11.5. The van der Waals surface area contributed by atoms with Gasteiger partial charge in [0, 0.05) is 19.7 Å². The van der Waals surface area contributed by atoms with Crippen molar-refractivity contribution >= 4 is 16.0 Å². The van der Waals surface area contributed by atoms with Crippen molar-refractivity contribution in [3.8, 4) is 11.1 Å². The van der Waals surface area contributed by atoms with Crippen molar-refractivity contribution in [2.24, 2.45) is 0 Å². The van der Waals surface area contributed by atoms with E-state index in [1.165, 1.54) is 20.2 Å². The van der Waals surface area contributed by atoms with E-state index >= 15 is 0 Å². The van der Waals surface area contributed by atoms with Gasteiger partial charge in [0.2, 0.25) is 10.0 Å². The molecule has 0 radical (unpaired) electrons. The van der Waals surface area contributed by atoms with Crippen LogP contribution in [0, 0.1) is 6.92 Å². The molecule has 0 spiro atoms. The highest BCUT2D eigenvalue weighted by Gasteiger charge is 2.24. The van der Waals surface area contributed by atoms with Gasteiger partial charge in [0.25, 0.3) is 0 Å². The van der Waals surface area contributed by atoms with Gasteiger partial charge in [-0.2, -0.15) is 0 Å². The molecule has 0 saturated carbocycles. The number of carboxylic acid groups (broad SMARTS) is 1. The van der Waals surface area contributed by atoms with Gasteiger partial charge in [-0.15, -0.1) is 0 Å². The summed E-state index contributed by atoms with van der Waals surface area (Å²) in [4.78, 5) is 11.6. The van der Waals surface area contributed by atoms with Crippen LogP contribution in [-0.2, 0) is 10.0 Å². The van der Waals surface area contributed by atoms with Crippen molar-refractivity contribution in [2.75, 3.05) is 14.1 Å². The fraction of sp³-hybridized carbons (Fsp3) is 0.188. The lowest BCUT2D eigenvalue weighted by Crippen LogP contribution is -2.23. The molecule has 0 bridgehead atoms. The van der Waals surface area contributed by atoms with E-state index in [2.05, 4.69) is 0 Å². The molecule has 0 aliphatic carbocycles. The molecule has 2 aromatic carbocycles. The number of aromatic carboxylic acids is 1. The molecular weight excluding hydrogens is 302 g/mol. The zero-order valence-corrected chi connectivity index (χ0v) is 13.4. The average molecular weight is 319 g/mol. The summed E-state index contributed by atoms with van der Waals surface area (Å²) in [6.45, 7) is 1.69. The van der Waals surface area contributed by atoms with Gasteiger partial charge >= 0.3 is 5.97 Å². The number of rotatable bonds is 4. The van der Waals surface area contributed by atoms with Gasteiger partial charge < -0.3 is 5.11 Å². The molecule has 0 aliphatic heterocycles. The van der Waals surface area contributed by atoms with Gasteiger partial charge in [-0.25, -0.2) is 17.5 Å². The molecule has 0 atom stereocenters. The van der Waals surface area contributed by atoms with E-state index in [0.717, 1.165) is 4.31 Å². The summed E-state index contributed by atoms with van der Waals surface area (Å²) in [5.41, 5.74) is 1.48. The summed E-state index contributed by atoms with van der Waals surface area (Å²) in [5.74, 6) is -1.08. The monoisotopic (exact) mass is 319 g/mol. The maximum atomic E-state index is 12.5. The smallest absolute Gasteiger partial charge is 0.336 e. The molecule has 6 heteroatoms. The minimum atomic E-state index is -3.67. The van der Waals surface area contributed by atoms with Gasteiger partial charge in [-0.1, -0.05) is 36.4 Å². The van der Waals surface area contributed by atoms with Crippen molar-refractivity contribution < 1.29 is 18.3 Å². The SMILES string of the molecule is Cc1cccc(-c2ccccc2S(=O)(=O)N(C)C)c1C(=O)O. The topological polar surface area (TPSA) is 74.7 Å². The van der Waals surface area contributed by atoms with Crippen molar-refractivity contribution in [1.82, 2.24) is 4.31 Å².